The summed E-state index contributed by atoms with van der Waals surface area (Å²) in [7, 11) is 3.27. The van der Waals surface area contributed by atoms with Crippen LogP contribution in [-0.2, 0) is 15.7 Å². The van der Waals surface area contributed by atoms with Crippen LogP contribution in [0.25, 0.3) is 0 Å². The number of likely N-dealkylation sites (N-methyl/N-ethyl adjacent to an activating group) is 1. The minimum Gasteiger partial charge on any atom is -0.385 e. The summed E-state index contributed by atoms with van der Waals surface area (Å²) in [5, 5.41) is 2.09. The molecular weight excluding hydrogens is 321 g/mol. The van der Waals surface area contributed by atoms with Gasteiger partial charge in [-0.3, -0.25) is 9.69 Å². The molecular formula is C14H18ClF3N2O2. The average molecular weight is 339 g/mol. The van der Waals surface area contributed by atoms with E-state index in [-0.39, 0.29) is 11.6 Å². The molecule has 4 nitrogen and oxygen atoms in total. The Labute approximate surface area is 132 Å². The predicted molar refractivity (Wildman–Crippen MR) is 79.1 cm³/mol. The fourth-order valence-corrected chi connectivity index (χ4v) is 2.09. The van der Waals surface area contributed by atoms with Gasteiger partial charge in [0, 0.05) is 20.3 Å². The summed E-state index contributed by atoms with van der Waals surface area (Å²) >= 11 is 5.77. The molecule has 8 heteroatoms. The molecule has 0 aliphatic rings. The van der Waals surface area contributed by atoms with Crippen molar-refractivity contribution in [3.8, 4) is 0 Å². The van der Waals surface area contributed by atoms with Gasteiger partial charge in [0.25, 0.3) is 0 Å². The van der Waals surface area contributed by atoms with Crippen LogP contribution in [0.5, 0.6) is 0 Å². The number of ether oxygens (including phenoxy) is 1. The van der Waals surface area contributed by atoms with E-state index in [1.54, 1.807) is 19.1 Å². The van der Waals surface area contributed by atoms with Crippen LogP contribution in [0.2, 0.25) is 5.02 Å². The third kappa shape index (κ3) is 5.82. The summed E-state index contributed by atoms with van der Waals surface area (Å²) in [6.45, 7) is 1.11. The van der Waals surface area contributed by atoms with E-state index in [0.717, 1.165) is 12.5 Å². The van der Waals surface area contributed by atoms with Crippen LogP contribution in [0.15, 0.2) is 18.2 Å². The molecule has 1 N–H and O–H groups in total. The molecule has 1 amide bonds. The van der Waals surface area contributed by atoms with Crippen molar-refractivity contribution in [2.45, 2.75) is 12.6 Å². The number of benzene rings is 1. The van der Waals surface area contributed by atoms with Crippen molar-refractivity contribution < 1.29 is 22.7 Å². The smallest absolute Gasteiger partial charge is 0.385 e. The van der Waals surface area contributed by atoms with Crippen molar-refractivity contribution in [3.63, 3.8) is 0 Å². The van der Waals surface area contributed by atoms with Gasteiger partial charge in [-0.15, -0.1) is 0 Å². The number of alkyl halides is 3. The Kier molecular flexibility index (Phi) is 7.12. The molecule has 0 atom stereocenters. The molecule has 124 valence electrons. The number of hydrogen-bond donors (Lipinski definition) is 1. The molecule has 1 aromatic rings. The first-order valence-corrected chi connectivity index (χ1v) is 6.96. The van der Waals surface area contributed by atoms with Crippen molar-refractivity contribution in [3.05, 3.63) is 28.8 Å². The molecule has 0 radical (unpaired) electrons. The fraction of sp³-hybridized carbons (Fsp3) is 0.500. The first-order valence-electron chi connectivity index (χ1n) is 6.58. The number of rotatable bonds is 7. The van der Waals surface area contributed by atoms with Gasteiger partial charge in [-0.05, 0) is 25.6 Å². The number of nitrogens with zero attached hydrogens (tertiary/aromatic N) is 1. The number of carbonyl (C=O) groups excluding carboxylic acids is 1. The lowest BCUT2D eigenvalue weighted by atomic mass is 10.1. The molecule has 0 aromatic heterocycles. The van der Waals surface area contributed by atoms with Gasteiger partial charge in [-0.1, -0.05) is 17.7 Å². The third-order valence-corrected chi connectivity index (χ3v) is 3.20. The topological polar surface area (TPSA) is 41.6 Å². The van der Waals surface area contributed by atoms with E-state index in [1.165, 1.54) is 12.1 Å². The van der Waals surface area contributed by atoms with E-state index in [2.05, 4.69) is 5.32 Å². The molecule has 0 heterocycles. The zero-order valence-electron chi connectivity index (χ0n) is 12.3. The largest absolute Gasteiger partial charge is 0.418 e. The number of amides is 1. The predicted octanol–water partition coefficient (Wildman–Crippen LogP) is 3.27. The van der Waals surface area contributed by atoms with E-state index in [0.29, 0.717) is 13.2 Å². The van der Waals surface area contributed by atoms with Gasteiger partial charge in [0.05, 0.1) is 22.8 Å². The van der Waals surface area contributed by atoms with Crippen LogP contribution in [0.3, 0.4) is 0 Å². The molecule has 0 saturated heterocycles. The Morgan fingerprint density at radius 2 is 2.09 bits per heavy atom. The fourth-order valence-electron chi connectivity index (χ4n) is 1.87. The highest BCUT2D eigenvalue weighted by Crippen LogP contribution is 2.38. The van der Waals surface area contributed by atoms with Gasteiger partial charge in [0.15, 0.2) is 0 Å². The van der Waals surface area contributed by atoms with Gasteiger partial charge in [-0.2, -0.15) is 13.2 Å². The van der Waals surface area contributed by atoms with Gasteiger partial charge in [0.1, 0.15) is 0 Å². The summed E-state index contributed by atoms with van der Waals surface area (Å²) in [6.07, 6.45) is -3.86. The molecule has 0 unspecified atom stereocenters. The number of halogens is 4. The highest BCUT2D eigenvalue weighted by Gasteiger charge is 2.34. The summed E-state index contributed by atoms with van der Waals surface area (Å²) in [4.78, 5) is 13.6. The Morgan fingerprint density at radius 1 is 1.41 bits per heavy atom. The van der Waals surface area contributed by atoms with Crippen molar-refractivity contribution in [1.29, 1.82) is 0 Å². The average Bonchev–Trinajstić information content (AvgIpc) is 2.40. The Hall–Kier alpha value is -1.31. The zero-order valence-corrected chi connectivity index (χ0v) is 13.1. The molecule has 0 aliphatic carbocycles. The standard InChI is InChI=1S/C14H18ClF3N2O2/c1-20(7-4-8-22-2)9-12(21)19-13-10(14(16,17)18)5-3-6-11(13)15/h3,5-6H,4,7-9H2,1-2H3,(H,19,21). The number of anilines is 1. The van der Waals surface area contributed by atoms with Crippen LogP contribution >= 0.6 is 11.6 Å². The second-order valence-corrected chi connectivity index (χ2v) is 5.20. The maximum absolute atomic E-state index is 12.9. The third-order valence-electron chi connectivity index (χ3n) is 2.89. The number of methoxy groups -OCH3 is 1. The van der Waals surface area contributed by atoms with Gasteiger partial charge < -0.3 is 10.1 Å². The van der Waals surface area contributed by atoms with Gasteiger partial charge >= 0.3 is 6.18 Å². The number of para-hydroxylation sites is 1. The van der Waals surface area contributed by atoms with E-state index in [9.17, 15) is 18.0 Å². The van der Waals surface area contributed by atoms with Crippen molar-refractivity contribution in [1.82, 2.24) is 4.90 Å². The molecule has 1 rings (SSSR count). The van der Waals surface area contributed by atoms with Gasteiger partial charge in [0.2, 0.25) is 5.91 Å². The number of hydrogen-bond acceptors (Lipinski definition) is 3. The Bertz CT molecular complexity index is 509. The quantitative estimate of drug-likeness (QED) is 0.776. The summed E-state index contributed by atoms with van der Waals surface area (Å²) in [6, 6.07) is 3.37. The first kappa shape index (κ1) is 18.7. The Morgan fingerprint density at radius 3 is 2.68 bits per heavy atom. The van der Waals surface area contributed by atoms with E-state index in [1.807, 2.05) is 0 Å². The molecule has 0 spiro atoms. The molecule has 0 saturated carbocycles. The van der Waals surface area contributed by atoms with E-state index in [4.69, 9.17) is 16.3 Å². The lowest BCUT2D eigenvalue weighted by Gasteiger charge is -2.18. The maximum atomic E-state index is 12.9. The molecule has 0 fully saturated rings. The van der Waals surface area contributed by atoms with Crippen molar-refractivity contribution in [2.75, 3.05) is 39.2 Å². The highest BCUT2D eigenvalue weighted by atomic mass is 35.5. The SMILES string of the molecule is COCCCN(C)CC(=O)Nc1c(Cl)cccc1C(F)(F)F. The van der Waals surface area contributed by atoms with E-state index < -0.39 is 23.3 Å². The molecule has 0 bridgehead atoms. The number of nitrogens with one attached hydrogen (secondary N) is 1. The molecule has 22 heavy (non-hydrogen) atoms. The lowest BCUT2D eigenvalue weighted by molar-refractivity contribution is -0.137. The normalized spacial score (nSPS) is 11.8. The van der Waals surface area contributed by atoms with Crippen molar-refractivity contribution in [2.24, 2.45) is 0 Å². The van der Waals surface area contributed by atoms with Crippen LogP contribution in [0, 0.1) is 0 Å². The minimum absolute atomic E-state index is 0.0355. The van der Waals surface area contributed by atoms with Crippen molar-refractivity contribution >= 4 is 23.2 Å². The minimum atomic E-state index is -4.59. The lowest BCUT2D eigenvalue weighted by Crippen LogP contribution is -2.32. The number of carbonyl (C=O) groups is 1. The second-order valence-electron chi connectivity index (χ2n) is 4.79. The molecule has 0 aliphatic heterocycles. The van der Waals surface area contributed by atoms with Gasteiger partial charge in [-0.25, -0.2) is 0 Å². The van der Waals surface area contributed by atoms with Crippen LogP contribution in [0.1, 0.15) is 12.0 Å². The summed E-state index contributed by atoms with van der Waals surface area (Å²) in [5.41, 5.74) is -1.37. The summed E-state index contributed by atoms with van der Waals surface area (Å²) < 4.78 is 43.6. The van der Waals surface area contributed by atoms with Crippen LogP contribution in [-0.4, -0.2) is 44.7 Å². The maximum Gasteiger partial charge on any atom is 0.418 e. The van der Waals surface area contributed by atoms with E-state index >= 15 is 0 Å². The Balaban J connectivity index is 2.72. The first-order chi connectivity index (χ1) is 10.3. The molecule has 1 aromatic carbocycles. The van der Waals surface area contributed by atoms with Crippen LogP contribution in [0.4, 0.5) is 18.9 Å². The monoisotopic (exact) mass is 338 g/mol. The highest BCUT2D eigenvalue weighted by molar-refractivity contribution is 6.34. The zero-order chi connectivity index (χ0) is 16.8. The van der Waals surface area contributed by atoms with Crippen LogP contribution < -0.4 is 5.32 Å². The second kappa shape index (κ2) is 8.36. The summed E-state index contributed by atoms with van der Waals surface area (Å²) in [5.74, 6) is -0.557.